The molecule has 1 atom stereocenters. The van der Waals surface area contributed by atoms with Gasteiger partial charge in [0.05, 0.1) is 38.4 Å². The lowest BCUT2D eigenvalue weighted by Gasteiger charge is -1.97. The van der Waals surface area contributed by atoms with Gasteiger partial charge in [-0.1, -0.05) is 6.92 Å². The lowest BCUT2D eigenvalue weighted by atomic mass is 10.3. The molecular formula is C12H15NO2S2. The first-order valence-electron chi connectivity index (χ1n) is 5.56. The summed E-state index contributed by atoms with van der Waals surface area (Å²) < 4.78 is 17.2. The van der Waals surface area contributed by atoms with Crippen LogP contribution in [-0.4, -0.2) is 9.19 Å². The van der Waals surface area contributed by atoms with Crippen LogP contribution in [0.4, 0.5) is 0 Å². The molecule has 0 aliphatic heterocycles. The molecule has 0 radical (unpaired) electrons. The average molecular weight is 269 g/mol. The maximum atomic E-state index is 12.1. The Morgan fingerprint density at radius 3 is 3.00 bits per heavy atom. The first kappa shape index (κ1) is 12.5. The first-order valence-corrected chi connectivity index (χ1v) is 7.76. The molecule has 0 amide bonds. The summed E-state index contributed by atoms with van der Waals surface area (Å²) in [5, 5.41) is 3.13. The van der Waals surface area contributed by atoms with Gasteiger partial charge in [-0.05, 0) is 25.8 Å². The highest BCUT2D eigenvalue weighted by molar-refractivity contribution is 7.84. The van der Waals surface area contributed by atoms with Gasteiger partial charge < -0.3 is 4.42 Å². The maximum Gasteiger partial charge on any atom is 0.116 e. The summed E-state index contributed by atoms with van der Waals surface area (Å²) >= 11 is 1.65. The van der Waals surface area contributed by atoms with E-state index in [4.69, 9.17) is 4.42 Å². The normalized spacial score (nSPS) is 12.8. The van der Waals surface area contributed by atoms with Gasteiger partial charge in [0.1, 0.15) is 5.76 Å². The zero-order valence-corrected chi connectivity index (χ0v) is 11.6. The third-order valence-corrected chi connectivity index (χ3v) is 4.83. The van der Waals surface area contributed by atoms with Crippen molar-refractivity contribution in [3.05, 3.63) is 34.2 Å². The quantitative estimate of drug-likeness (QED) is 0.836. The number of nitrogens with zero attached hydrogens (tertiary/aromatic N) is 1. The van der Waals surface area contributed by atoms with Crippen LogP contribution in [0.1, 0.15) is 29.8 Å². The van der Waals surface area contributed by atoms with Gasteiger partial charge in [0.2, 0.25) is 0 Å². The van der Waals surface area contributed by atoms with Crippen molar-refractivity contribution in [3.63, 3.8) is 0 Å². The van der Waals surface area contributed by atoms with E-state index < -0.39 is 10.8 Å². The second kappa shape index (κ2) is 5.60. The fourth-order valence-corrected chi connectivity index (χ4v) is 3.72. The monoisotopic (exact) mass is 269 g/mol. The van der Waals surface area contributed by atoms with E-state index in [-0.39, 0.29) is 0 Å². The Morgan fingerprint density at radius 2 is 2.35 bits per heavy atom. The van der Waals surface area contributed by atoms with Crippen molar-refractivity contribution in [2.75, 3.05) is 0 Å². The number of thiazole rings is 1. The second-order valence-electron chi connectivity index (χ2n) is 3.81. The molecule has 0 saturated carbocycles. The third kappa shape index (κ3) is 3.04. The second-order valence-corrected chi connectivity index (χ2v) is 6.18. The molecule has 92 valence electrons. The number of hydrogen-bond acceptors (Lipinski definition) is 4. The zero-order chi connectivity index (χ0) is 12.3. The third-order valence-electron chi connectivity index (χ3n) is 2.40. The van der Waals surface area contributed by atoms with E-state index in [0.29, 0.717) is 5.75 Å². The lowest BCUT2D eigenvalue weighted by molar-refractivity contribution is 0.526. The molecule has 0 unspecified atom stereocenters. The van der Waals surface area contributed by atoms with Gasteiger partial charge in [0, 0.05) is 5.38 Å². The number of rotatable bonds is 5. The Labute approximate surface area is 107 Å². The lowest BCUT2D eigenvalue weighted by Crippen LogP contribution is -1.97. The van der Waals surface area contributed by atoms with E-state index in [1.54, 1.807) is 23.7 Å². The van der Waals surface area contributed by atoms with Gasteiger partial charge in [0.25, 0.3) is 0 Å². The van der Waals surface area contributed by atoms with Crippen molar-refractivity contribution in [1.29, 1.82) is 0 Å². The molecule has 0 aliphatic carbocycles. The highest BCUT2D eigenvalue weighted by Gasteiger charge is 2.12. The van der Waals surface area contributed by atoms with Gasteiger partial charge >= 0.3 is 0 Å². The summed E-state index contributed by atoms with van der Waals surface area (Å²) in [6.07, 6.45) is 3.67. The van der Waals surface area contributed by atoms with Crippen molar-refractivity contribution in [1.82, 2.24) is 4.98 Å². The van der Waals surface area contributed by atoms with Crippen LogP contribution >= 0.6 is 11.3 Å². The molecule has 2 rings (SSSR count). The number of furan rings is 1. The van der Waals surface area contributed by atoms with Gasteiger partial charge in [-0.25, -0.2) is 4.98 Å². The SMILES string of the molecule is CCCc1nc(C[S@@](=O)c2ccoc2C)cs1. The summed E-state index contributed by atoms with van der Waals surface area (Å²) in [5.74, 6) is 1.20. The van der Waals surface area contributed by atoms with E-state index in [9.17, 15) is 4.21 Å². The van der Waals surface area contributed by atoms with Gasteiger partial charge in [-0.2, -0.15) is 0 Å². The predicted octanol–water partition coefficient (Wildman–Crippen LogP) is 3.30. The van der Waals surface area contributed by atoms with Crippen LogP contribution in [0, 0.1) is 6.92 Å². The van der Waals surface area contributed by atoms with Gasteiger partial charge in [0.15, 0.2) is 0 Å². The fourth-order valence-electron chi connectivity index (χ4n) is 1.57. The molecule has 2 heterocycles. The number of aryl methyl sites for hydroxylation is 2. The van der Waals surface area contributed by atoms with Crippen LogP contribution in [0.25, 0.3) is 0 Å². The number of hydrogen-bond donors (Lipinski definition) is 0. The minimum atomic E-state index is -1.06. The average Bonchev–Trinajstić information content (AvgIpc) is 2.88. The van der Waals surface area contributed by atoms with Crippen LogP contribution in [-0.2, 0) is 23.0 Å². The molecule has 0 N–H and O–H groups in total. The summed E-state index contributed by atoms with van der Waals surface area (Å²) in [6, 6.07) is 1.77. The Hall–Kier alpha value is -0.940. The molecule has 0 aliphatic rings. The van der Waals surface area contributed by atoms with Crippen LogP contribution < -0.4 is 0 Å². The minimum absolute atomic E-state index is 0.473. The van der Waals surface area contributed by atoms with E-state index in [1.165, 1.54) is 0 Å². The van der Waals surface area contributed by atoms with Crippen molar-refractivity contribution >= 4 is 22.1 Å². The van der Waals surface area contributed by atoms with E-state index in [0.717, 1.165) is 34.2 Å². The van der Waals surface area contributed by atoms with Crippen molar-refractivity contribution in [3.8, 4) is 0 Å². The van der Waals surface area contributed by atoms with E-state index in [2.05, 4.69) is 11.9 Å². The topological polar surface area (TPSA) is 43.1 Å². The standard InChI is InChI=1S/C12H15NO2S2/c1-3-4-12-13-10(7-16-12)8-17(14)11-5-6-15-9(11)2/h5-7H,3-4,8H2,1-2H3/t17-/m1/s1. The Morgan fingerprint density at radius 1 is 1.53 bits per heavy atom. The smallest absolute Gasteiger partial charge is 0.116 e. The van der Waals surface area contributed by atoms with Crippen molar-refractivity contribution in [2.45, 2.75) is 37.3 Å². The first-order chi connectivity index (χ1) is 8.20. The molecule has 0 saturated heterocycles. The molecule has 3 nitrogen and oxygen atoms in total. The molecule has 0 bridgehead atoms. The summed E-state index contributed by atoms with van der Waals surface area (Å²) in [6.45, 7) is 3.96. The summed E-state index contributed by atoms with van der Waals surface area (Å²) in [4.78, 5) is 5.25. The van der Waals surface area contributed by atoms with Crippen LogP contribution in [0.2, 0.25) is 0 Å². The Bertz CT molecular complexity index is 516. The fraction of sp³-hybridized carbons (Fsp3) is 0.417. The minimum Gasteiger partial charge on any atom is -0.468 e. The maximum absolute atomic E-state index is 12.1. The highest BCUT2D eigenvalue weighted by atomic mass is 32.2. The summed E-state index contributed by atoms with van der Waals surface area (Å²) in [7, 11) is -1.06. The molecule has 2 aromatic rings. The van der Waals surface area contributed by atoms with E-state index >= 15 is 0 Å². The molecule has 5 heteroatoms. The highest BCUT2D eigenvalue weighted by Crippen LogP contribution is 2.19. The molecular weight excluding hydrogens is 254 g/mol. The largest absolute Gasteiger partial charge is 0.468 e. The van der Waals surface area contributed by atoms with E-state index in [1.807, 2.05) is 12.3 Å². The zero-order valence-electron chi connectivity index (χ0n) is 9.93. The van der Waals surface area contributed by atoms with Crippen LogP contribution in [0.15, 0.2) is 27.0 Å². The predicted molar refractivity (Wildman–Crippen MR) is 69.7 cm³/mol. The number of aromatic nitrogens is 1. The van der Waals surface area contributed by atoms with Gasteiger partial charge in [-0.3, -0.25) is 4.21 Å². The van der Waals surface area contributed by atoms with Gasteiger partial charge in [-0.15, -0.1) is 11.3 Å². The summed E-state index contributed by atoms with van der Waals surface area (Å²) in [5.41, 5.74) is 0.914. The molecule has 2 aromatic heterocycles. The molecule has 0 spiro atoms. The van der Waals surface area contributed by atoms with Crippen molar-refractivity contribution < 1.29 is 8.63 Å². The molecule has 0 fully saturated rings. The molecule has 17 heavy (non-hydrogen) atoms. The Kier molecular flexibility index (Phi) is 4.12. The molecule has 0 aromatic carbocycles. The van der Waals surface area contributed by atoms with Crippen molar-refractivity contribution in [2.24, 2.45) is 0 Å². The Balaban J connectivity index is 2.05. The van der Waals surface area contributed by atoms with Crippen LogP contribution in [0.3, 0.4) is 0 Å². The van der Waals surface area contributed by atoms with Crippen LogP contribution in [0.5, 0.6) is 0 Å².